The number of methoxy groups -OCH3 is 1. The van der Waals surface area contributed by atoms with Crippen molar-refractivity contribution in [2.24, 2.45) is 11.3 Å². The lowest BCUT2D eigenvalue weighted by Gasteiger charge is -2.37. The van der Waals surface area contributed by atoms with Crippen molar-refractivity contribution in [1.82, 2.24) is 35.0 Å². The summed E-state index contributed by atoms with van der Waals surface area (Å²) in [7, 11) is 3.29. The number of ether oxygens (including phenoxy) is 2. The van der Waals surface area contributed by atoms with E-state index in [-0.39, 0.29) is 83.7 Å². The van der Waals surface area contributed by atoms with Crippen LogP contribution in [0.4, 0.5) is 4.79 Å². The van der Waals surface area contributed by atoms with Crippen molar-refractivity contribution in [2.45, 2.75) is 97.8 Å². The predicted octanol–water partition coefficient (Wildman–Crippen LogP) is 6.67. The number of urea groups is 1. The highest BCUT2D eigenvalue weighted by Gasteiger charge is 2.39. The fraction of sp³-hybridized carbons (Fsp3) is 0.491. The largest absolute Gasteiger partial charge is 0.508 e. The van der Waals surface area contributed by atoms with Gasteiger partial charge in [-0.25, -0.2) is 10.2 Å². The van der Waals surface area contributed by atoms with E-state index in [1.54, 1.807) is 36.1 Å². The van der Waals surface area contributed by atoms with Crippen molar-refractivity contribution in [2.75, 3.05) is 60.1 Å². The average Bonchev–Trinajstić information content (AvgIpc) is 3.42. The first-order valence-corrected chi connectivity index (χ1v) is 24.1. The number of carbonyl (C=O) groups is 5. The average molecular weight is 1030 g/mol. The van der Waals surface area contributed by atoms with Crippen LogP contribution >= 0.6 is 40.5 Å². The Labute approximate surface area is 439 Å². The molecule has 3 N–H and O–H groups in total. The number of phenolic OH excluding ortho intramolecular Hbond substituents is 1. The van der Waals surface area contributed by atoms with Gasteiger partial charge >= 0.3 is 12.0 Å². The van der Waals surface area contributed by atoms with E-state index in [0.29, 0.717) is 70.6 Å². The Kier molecular flexibility index (Phi) is 21.0. The van der Waals surface area contributed by atoms with Crippen LogP contribution in [0.25, 0.3) is 33.3 Å². The molecule has 388 valence electrons. The van der Waals surface area contributed by atoms with Gasteiger partial charge in [-0.2, -0.15) is 40.5 Å². The first kappa shape index (κ1) is 58.4. The van der Waals surface area contributed by atoms with Gasteiger partial charge in [-0.3, -0.25) is 24.2 Å². The number of hydrogen-bond acceptors (Lipinski definition) is 9. The zero-order valence-corrected chi connectivity index (χ0v) is 45.3. The molecule has 4 heterocycles. The van der Waals surface area contributed by atoms with Gasteiger partial charge in [-0.05, 0) is 103 Å². The lowest BCUT2D eigenvalue weighted by molar-refractivity contribution is -0.155. The number of benzene rings is 3. The number of nitrogens with one attached hydrogen (secondary N) is 2. The van der Waals surface area contributed by atoms with Crippen molar-refractivity contribution in [3.05, 3.63) is 90.0 Å². The van der Waals surface area contributed by atoms with E-state index in [1.165, 1.54) is 21.5 Å². The molecule has 3 aliphatic heterocycles. The van der Waals surface area contributed by atoms with Crippen LogP contribution < -0.4 is 10.7 Å². The molecular weight excluding hydrogens is 959 g/mol. The predicted molar refractivity (Wildman–Crippen MR) is 294 cm³/mol. The topological polar surface area (TPSA) is 166 Å². The maximum Gasteiger partial charge on any atom is 0.324 e. The van der Waals surface area contributed by atoms with Gasteiger partial charge < -0.3 is 39.2 Å². The monoisotopic (exact) mass is 1030 g/mol. The van der Waals surface area contributed by atoms with Crippen LogP contribution in [-0.4, -0.2) is 137 Å². The van der Waals surface area contributed by atoms with E-state index in [9.17, 15) is 29.1 Å². The number of hydrogen-bond donors (Lipinski definition) is 3. The second-order valence-corrected chi connectivity index (χ2v) is 19.6. The van der Waals surface area contributed by atoms with Gasteiger partial charge in [0.15, 0.2) is 0 Å². The first-order valence-electron chi connectivity index (χ1n) is 24.1. The molecular formula is C53H75N7O8S3. The summed E-state index contributed by atoms with van der Waals surface area (Å²) in [6.07, 6.45) is 4.11. The fourth-order valence-electron chi connectivity index (χ4n) is 10.2. The maximum absolute atomic E-state index is 14.8. The van der Waals surface area contributed by atoms with E-state index in [1.807, 2.05) is 26.0 Å². The third-order valence-electron chi connectivity index (χ3n) is 13.6. The van der Waals surface area contributed by atoms with Crippen LogP contribution in [0.5, 0.6) is 5.75 Å². The number of fused-ring (bicyclic) bond motifs is 6. The van der Waals surface area contributed by atoms with Crippen molar-refractivity contribution in [3.63, 3.8) is 0 Å². The van der Waals surface area contributed by atoms with Gasteiger partial charge in [-0.15, -0.1) is 0 Å². The Balaban J connectivity index is 0.00000365. The molecule has 0 saturated carbocycles. The Bertz CT molecular complexity index is 2550. The molecule has 6 bridgehead atoms. The van der Waals surface area contributed by atoms with Crippen LogP contribution in [0, 0.1) is 11.3 Å². The number of aromatic hydroxyl groups is 1. The van der Waals surface area contributed by atoms with Crippen LogP contribution in [0.1, 0.15) is 70.6 Å². The number of hydrazine groups is 1. The third kappa shape index (κ3) is 13.3. The zero-order chi connectivity index (χ0) is 48.9. The number of cyclic esters (lactones) is 1. The lowest BCUT2D eigenvalue weighted by atomic mass is 9.83. The lowest BCUT2D eigenvalue weighted by Crippen LogP contribution is -2.62. The number of esters is 1. The van der Waals surface area contributed by atoms with Crippen LogP contribution in [0.15, 0.2) is 73.3 Å². The Morgan fingerprint density at radius 2 is 1.69 bits per heavy atom. The summed E-state index contributed by atoms with van der Waals surface area (Å²) >= 11 is 0. The minimum absolute atomic E-state index is 0. The quantitative estimate of drug-likeness (QED) is 0.116. The molecule has 4 aromatic rings. The molecule has 0 spiro atoms. The Morgan fingerprint density at radius 3 is 2.39 bits per heavy atom. The van der Waals surface area contributed by atoms with Crippen molar-refractivity contribution >= 4 is 81.1 Å². The molecule has 7 rings (SSSR count). The standard InChI is InChI=1S/C53H69N7O8.3H2S/c1-9-46(62)57-21-14-22-58(25-24-57)52(66)56(7)47(34(3)4)49(63)54-44-29-35-27-38(30-39(61)28-35)37-18-19-45-41(31-37)42(48(59(45)10-2)40-16-12-11-15-36(40)20-26-67-8)32-53(5,6)33-68-51(65)43-17-13-23-60(55-43)50(44)64;;;/h9,11-12,15-16,18-19,27-28,30-31,34,43-44,47,55,61H,1,10,13-14,17,20-26,29,32-33H2,2-8H3,(H,54,63);3*1H2/t43-,44-,47-;;;/m0.../s1. The summed E-state index contributed by atoms with van der Waals surface area (Å²) in [5.74, 6) is -2.01. The molecule has 3 atom stereocenters. The third-order valence-corrected chi connectivity index (χ3v) is 13.6. The normalized spacial score (nSPS) is 18.7. The number of carbonyl (C=O) groups excluding carboxylic acids is 5. The maximum atomic E-state index is 14.8. The molecule has 5 amide bonds. The van der Waals surface area contributed by atoms with Crippen molar-refractivity contribution in [3.8, 4) is 28.1 Å². The number of amides is 5. The molecule has 3 aromatic carbocycles. The van der Waals surface area contributed by atoms with Crippen LogP contribution in [0.3, 0.4) is 0 Å². The van der Waals surface area contributed by atoms with Gasteiger partial charge in [0, 0.05) is 81.7 Å². The van der Waals surface area contributed by atoms with E-state index in [2.05, 4.69) is 79.1 Å². The molecule has 15 nitrogen and oxygen atoms in total. The second-order valence-electron chi connectivity index (χ2n) is 19.6. The molecule has 0 aliphatic carbocycles. The van der Waals surface area contributed by atoms with E-state index < -0.39 is 41.3 Å². The molecule has 1 aromatic heterocycles. The smallest absolute Gasteiger partial charge is 0.324 e. The van der Waals surface area contributed by atoms with Crippen molar-refractivity contribution in [1.29, 1.82) is 0 Å². The highest BCUT2D eigenvalue weighted by molar-refractivity contribution is 7.59. The number of likely N-dealkylation sites (N-methyl/N-ethyl adjacent to an activating group) is 1. The Hall–Kier alpha value is -5.14. The fourth-order valence-corrected chi connectivity index (χ4v) is 10.2. The first-order chi connectivity index (χ1) is 32.5. The molecule has 3 aliphatic rings. The molecule has 2 saturated heterocycles. The minimum atomic E-state index is -1.16. The van der Waals surface area contributed by atoms with Crippen molar-refractivity contribution < 1.29 is 38.6 Å². The number of rotatable bonds is 10. The number of phenols is 1. The van der Waals surface area contributed by atoms with E-state index in [0.717, 1.165) is 45.3 Å². The summed E-state index contributed by atoms with van der Waals surface area (Å²) in [4.78, 5) is 74.5. The number of aryl methyl sites for hydroxylation is 1. The number of aromatic nitrogens is 1. The summed E-state index contributed by atoms with van der Waals surface area (Å²) in [6, 6.07) is 16.7. The Morgan fingerprint density at radius 1 is 0.972 bits per heavy atom. The van der Waals surface area contributed by atoms with Crippen LogP contribution in [-0.2, 0) is 54.5 Å². The summed E-state index contributed by atoms with van der Waals surface area (Å²) in [5.41, 5.74) is 10.4. The molecule has 71 heavy (non-hydrogen) atoms. The van der Waals surface area contributed by atoms with Gasteiger partial charge in [0.1, 0.15) is 23.9 Å². The molecule has 18 heteroatoms. The molecule has 2 fully saturated rings. The van der Waals surface area contributed by atoms with Gasteiger partial charge in [0.2, 0.25) is 11.8 Å². The number of nitrogens with zero attached hydrogens (tertiary/aromatic N) is 5. The highest BCUT2D eigenvalue weighted by Crippen LogP contribution is 2.41. The van der Waals surface area contributed by atoms with E-state index in [4.69, 9.17) is 9.47 Å². The highest BCUT2D eigenvalue weighted by atomic mass is 32.1. The van der Waals surface area contributed by atoms with Crippen LogP contribution in [0.2, 0.25) is 0 Å². The molecule has 0 radical (unpaired) electrons. The SMILES string of the molecule is C=CC(=O)N1CCCN(C(=O)N(C)[C@H](C(=O)N[C@H]2Cc3cc(O)cc(c3)-c3ccc4c(c3)c(c(-c3ccccc3CCOC)n4CC)CC(C)(C)COC(=O)[C@@H]3CCCN(N3)C2=O)C(C)C)CC1.S.S.S. The summed E-state index contributed by atoms with van der Waals surface area (Å²) in [5, 5.41) is 16.8. The second kappa shape index (κ2) is 25.5. The van der Waals surface area contributed by atoms with Gasteiger partial charge in [-0.1, -0.05) is 70.7 Å². The zero-order valence-electron chi connectivity index (χ0n) is 42.3. The van der Waals surface area contributed by atoms with E-state index >= 15 is 0 Å². The molecule has 0 unspecified atom stereocenters. The van der Waals surface area contributed by atoms with Gasteiger partial charge in [0.05, 0.1) is 18.9 Å². The summed E-state index contributed by atoms with van der Waals surface area (Å²) in [6.45, 7) is 16.8. The summed E-state index contributed by atoms with van der Waals surface area (Å²) < 4.78 is 14.0. The minimum Gasteiger partial charge on any atom is -0.508 e. The van der Waals surface area contributed by atoms with Gasteiger partial charge in [0.25, 0.3) is 5.91 Å².